The Bertz CT molecular complexity index is 1800. The standard InChI is InChI=1S/C36H48N8O6S/c1-21(2)15-26-32-41-28(20-51-32)31(47)40-27(16-23-17-37-25-10-8-7-9-24(23)25)34(49)43(6)18-29(45)38-22(3)33(48)42(5)13-14-44(19-30(46)39-26)35(50)36(4)11-12-36/h7-10,17,20-22,26-27,37H,11-16,18-19H2,1-6H3,(H,38,45)(H,39,46)(H,40,47)/t22-,26-,27+/m0/s1. The number of fused-ring (bicyclic) bond motifs is 3. The van der Waals surface area contributed by atoms with Gasteiger partial charge < -0.3 is 35.6 Å². The molecule has 0 radical (unpaired) electrons. The third-order valence-electron chi connectivity index (χ3n) is 9.52. The van der Waals surface area contributed by atoms with E-state index < -0.39 is 47.2 Å². The molecule has 1 aromatic carbocycles. The summed E-state index contributed by atoms with van der Waals surface area (Å²) in [4.78, 5) is 92.9. The van der Waals surface area contributed by atoms with Gasteiger partial charge in [-0.3, -0.25) is 28.8 Å². The molecule has 6 amide bonds. The number of likely N-dealkylation sites (N-methyl/N-ethyl adjacent to an activating group) is 2. The monoisotopic (exact) mass is 720 g/mol. The van der Waals surface area contributed by atoms with Crippen LogP contribution in [0.3, 0.4) is 0 Å². The predicted molar refractivity (Wildman–Crippen MR) is 193 cm³/mol. The van der Waals surface area contributed by atoms with Crippen molar-refractivity contribution in [3.05, 3.63) is 52.1 Å². The van der Waals surface area contributed by atoms with E-state index in [0.717, 1.165) is 29.3 Å². The summed E-state index contributed by atoms with van der Waals surface area (Å²) in [5, 5.41) is 11.6. The van der Waals surface area contributed by atoms with Gasteiger partial charge in [-0.1, -0.05) is 39.0 Å². The molecule has 5 rings (SSSR count). The van der Waals surface area contributed by atoms with Crippen LogP contribution >= 0.6 is 11.3 Å². The molecule has 0 unspecified atom stereocenters. The molecule has 51 heavy (non-hydrogen) atoms. The van der Waals surface area contributed by atoms with Gasteiger partial charge in [-0.2, -0.15) is 0 Å². The number of thiazole rings is 1. The Labute approximate surface area is 301 Å². The van der Waals surface area contributed by atoms with Crippen molar-refractivity contribution >= 4 is 57.7 Å². The maximum absolute atomic E-state index is 13.9. The molecule has 0 spiro atoms. The molecule has 4 N–H and O–H groups in total. The lowest BCUT2D eigenvalue weighted by molar-refractivity contribution is -0.142. The molecule has 3 heterocycles. The van der Waals surface area contributed by atoms with Gasteiger partial charge in [0.2, 0.25) is 29.5 Å². The van der Waals surface area contributed by atoms with Crippen LogP contribution < -0.4 is 16.0 Å². The van der Waals surface area contributed by atoms with Crippen molar-refractivity contribution in [2.24, 2.45) is 11.3 Å². The van der Waals surface area contributed by atoms with E-state index in [1.54, 1.807) is 25.5 Å². The van der Waals surface area contributed by atoms with Gasteiger partial charge in [-0.15, -0.1) is 11.3 Å². The number of hydrogen-bond donors (Lipinski definition) is 4. The number of carbonyl (C=O) groups is 6. The molecule has 1 aliphatic carbocycles. The molecule has 2 aromatic heterocycles. The van der Waals surface area contributed by atoms with Crippen LogP contribution in [-0.2, 0) is 30.4 Å². The van der Waals surface area contributed by atoms with Crippen LogP contribution in [0.1, 0.15) is 74.1 Å². The molecule has 15 heteroatoms. The lowest BCUT2D eigenvalue weighted by Gasteiger charge is -2.29. The minimum atomic E-state index is -1.05. The molecule has 1 fully saturated rings. The zero-order valence-electron chi connectivity index (χ0n) is 30.1. The van der Waals surface area contributed by atoms with E-state index in [9.17, 15) is 28.8 Å². The number of amides is 6. The van der Waals surface area contributed by atoms with Gasteiger partial charge in [-0.05, 0) is 43.7 Å². The maximum atomic E-state index is 13.9. The third kappa shape index (κ3) is 9.12. The van der Waals surface area contributed by atoms with Crippen molar-refractivity contribution in [2.75, 3.05) is 40.3 Å². The lowest BCUT2D eigenvalue weighted by Crippen LogP contribution is -2.53. The summed E-state index contributed by atoms with van der Waals surface area (Å²) in [7, 11) is 3.05. The van der Waals surface area contributed by atoms with E-state index in [1.165, 1.54) is 33.1 Å². The average molecular weight is 721 g/mol. The molecule has 3 aromatic rings. The summed E-state index contributed by atoms with van der Waals surface area (Å²) in [6, 6.07) is 5.12. The van der Waals surface area contributed by atoms with Crippen LogP contribution in [0.25, 0.3) is 10.9 Å². The maximum Gasteiger partial charge on any atom is 0.271 e. The van der Waals surface area contributed by atoms with Crippen molar-refractivity contribution in [1.82, 2.24) is 40.6 Å². The number of H-pyrrole nitrogens is 1. The van der Waals surface area contributed by atoms with E-state index >= 15 is 0 Å². The first-order valence-corrected chi connectivity index (χ1v) is 18.2. The Morgan fingerprint density at radius 2 is 1.65 bits per heavy atom. The van der Waals surface area contributed by atoms with Gasteiger partial charge in [0.05, 0.1) is 19.1 Å². The second kappa shape index (κ2) is 15.6. The topological polar surface area (TPSA) is 177 Å². The fourth-order valence-corrected chi connectivity index (χ4v) is 7.13. The normalized spacial score (nSPS) is 22.8. The molecule has 274 valence electrons. The van der Waals surface area contributed by atoms with E-state index in [1.807, 2.05) is 45.0 Å². The Balaban J connectivity index is 1.46. The van der Waals surface area contributed by atoms with Gasteiger partial charge in [0, 0.05) is 61.5 Å². The highest BCUT2D eigenvalue weighted by molar-refractivity contribution is 7.09. The summed E-state index contributed by atoms with van der Waals surface area (Å²) in [5.74, 6) is -2.39. The van der Waals surface area contributed by atoms with Gasteiger partial charge in [-0.25, -0.2) is 4.98 Å². The van der Waals surface area contributed by atoms with E-state index in [0.29, 0.717) is 11.4 Å². The van der Waals surface area contributed by atoms with Crippen LogP contribution in [0, 0.1) is 11.3 Å². The van der Waals surface area contributed by atoms with Crippen molar-refractivity contribution in [3.63, 3.8) is 0 Å². The fraction of sp³-hybridized carbons (Fsp3) is 0.528. The average Bonchev–Trinajstić information content (AvgIpc) is 3.45. The Morgan fingerprint density at radius 3 is 2.35 bits per heavy atom. The zero-order chi connectivity index (χ0) is 37.0. The van der Waals surface area contributed by atoms with Crippen LogP contribution in [0.15, 0.2) is 35.8 Å². The second-order valence-corrected chi connectivity index (χ2v) is 15.3. The summed E-state index contributed by atoms with van der Waals surface area (Å²) in [6.07, 6.45) is 3.91. The first-order chi connectivity index (χ1) is 24.1. The van der Waals surface area contributed by atoms with Gasteiger partial charge in [0.25, 0.3) is 5.91 Å². The van der Waals surface area contributed by atoms with E-state index in [-0.39, 0.29) is 56.0 Å². The number of aromatic nitrogens is 2. The number of para-hydroxylation sites is 1. The Kier molecular flexibility index (Phi) is 11.5. The highest BCUT2D eigenvalue weighted by Crippen LogP contribution is 2.46. The predicted octanol–water partition coefficient (Wildman–Crippen LogP) is 2.23. The van der Waals surface area contributed by atoms with Crippen molar-refractivity contribution in [2.45, 2.75) is 71.5 Å². The molecule has 1 saturated carbocycles. The molecular weight excluding hydrogens is 673 g/mol. The summed E-state index contributed by atoms with van der Waals surface area (Å²) < 4.78 is 0. The molecule has 1 aliphatic heterocycles. The number of carbonyl (C=O) groups excluding carboxylic acids is 6. The van der Waals surface area contributed by atoms with Crippen LogP contribution in [-0.4, -0.2) is 112 Å². The number of hydrogen-bond acceptors (Lipinski definition) is 8. The van der Waals surface area contributed by atoms with Crippen molar-refractivity contribution in [3.8, 4) is 0 Å². The summed E-state index contributed by atoms with van der Waals surface area (Å²) in [6.45, 7) is 7.15. The largest absolute Gasteiger partial charge is 0.361 e. The Hall–Kier alpha value is -4.79. The second-order valence-electron chi connectivity index (χ2n) is 14.4. The van der Waals surface area contributed by atoms with Gasteiger partial charge in [0.15, 0.2) is 0 Å². The minimum absolute atomic E-state index is 0.0925. The van der Waals surface area contributed by atoms with Gasteiger partial charge >= 0.3 is 0 Å². The Morgan fingerprint density at radius 1 is 0.941 bits per heavy atom. The molecule has 14 nitrogen and oxygen atoms in total. The van der Waals surface area contributed by atoms with Crippen molar-refractivity contribution < 1.29 is 28.8 Å². The number of benzene rings is 1. The lowest BCUT2D eigenvalue weighted by atomic mass is 10.0. The van der Waals surface area contributed by atoms with E-state index in [2.05, 4.69) is 25.9 Å². The summed E-state index contributed by atoms with van der Waals surface area (Å²) >= 11 is 1.23. The smallest absolute Gasteiger partial charge is 0.271 e. The first-order valence-electron chi connectivity index (χ1n) is 17.3. The van der Waals surface area contributed by atoms with Gasteiger partial charge in [0.1, 0.15) is 22.8 Å². The molecule has 0 saturated heterocycles. The third-order valence-corrected chi connectivity index (χ3v) is 10.5. The number of nitrogens with zero attached hydrogens (tertiary/aromatic N) is 4. The number of rotatable bonds is 5. The zero-order valence-corrected chi connectivity index (χ0v) is 30.9. The summed E-state index contributed by atoms with van der Waals surface area (Å²) in [5.41, 5.74) is 1.23. The molecular formula is C36H48N8O6S. The fourth-order valence-electron chi connectivity index (χ4n) is 6.27. The highest BCUT2D eigenvalue weighted by atomic mass is 32.1. The number of aromatic amines is 1. The quantitative estimate of drug-likeness (QED) is 0.313. The first kappa shape index (κ1) is 37.5. The van der Waals surface area contributed by atoms with Crippen LogP contribution in [0.5, 0.6) is 0 Å². The van der Waals surface area contributed by atoms with Crippen LogP contribution in [0.2, 0.25) is 0 Å². The van der Waals surface area contributed by atoms with Crippen LogP contribution in [0.4, 0.5) is 0 Å². The SMILES string of the molecule is CC(C)C[C@@H]1NC(=O)CN(C(=O)C2(C)CC2)CCN(C)C(=O)[C@H](C)NC(=O)CN(C)C(=O)[C@@H](Cc2c[nH]c3ccccc23)NC(=O)c2csc1n2. The van der Waals surface area contributed by atoms with E-state index in [4.69, 9.17) is 0 Å². The molecule has 2 aliphatic rings. The minimum Gasteiger partial charge on any atom is -0.361 e. The number of nitrogens with one attached hydrogen (secondary N) is 4. The molecule has 3 atom stereocenters. The molecule has 2 bridgehead atoms. The highest BCUT2D eigenvalue weighted by Gasteiger charge is 2.47. The van der Waals surface area contributed by atoms with Crippen molar-refractivity contribution in [1.29, 1.82) is 0 Å².